The molecular weight excluding hydrogens is 494 g/mol. The number of hydrogen-bond donors (Lipinski definition) is 3. The molecule has 0 fully saturated rings. The van der Waals surface area contributed by atoms with Gasteiger partial charge < -0.3 is 25.0 Å². The quantitative estimate of drug-likeness (QED) is 0.222. The van der Waals surface area contributed by atoms with Gasteiger partial charge in [0.2, 0.25) is 5.95 Å². The van der Waals surface area contributed by atoms with Gasteiger partial charge in [0, 0.05) is 31.6 Å². The molecule has 10 nitrogen and oxygen atoms in total. The second-order valence-corrected chi connectivity index (χ2v) is 10.9. The average Bonchev–Trinajstić information content (AvgIpc) is 3.41. The van der Waals surface area contributed by atoms with Gasteiger partial charge in [-0.15, -0.1) is 0 Å². The van der Waals surface area contributed by atoms with Crippen molar-refractivity contribution in [1.29, 1.82) is 0 Å². The second kappa shape index (κ2) is 10.8. The van der Waals surface area contributed by atoms with E-state index >= 15 is 0 Å². The number of amides is 1. The summed E-state index contributed by atoms with van der Waals surface area (Å²) in [5, 5.41) is 17.7. The lowest BCUT2D eigenvalue weighted by molar-refractivity contribution is 0.101. The predicted octanol–water partition coefficient (Wildman–Crippen LogP) is 3.83. The highest BCUT2D eigenvalue weighted by molar-refractivity contribution is 6.04. The van der Waals surface area contributed by atoms with Crippen LogP contribution in [0, 0.1) is 12.3 Å². The molecule has 10 heteroatoms. The van der Waals surface area contributed by atoms with Crippen LogP contribution in [0.25, 0.3) is 11.0 Å². The topological polar surface area (TPSA) is 123 Å². The van der Waals surface area contributed by atoms with Gasteiger partial charge in [-0.05, 0) is 43.2 Å². The SMILES string of the molecule is CCn1nc(C)cc1C(=O)Nc1nc2cc(C(N)O)cc3c2n1CC(C)(C)CN3CCOCc1ccccc1. The lowest BCUT2D eigenvalue weighted by atomic mass is 9.93. The van der Waals surface area contributed by atoms with Crippen molar-refractivity contribution in [2.75, 3.05) is 29.9 Å². The van der Waals surface area contributed by atoms with Gasteiger partial charge >= 0.3 is 0 Å². The van der Waals surface area contributed by atoms with E-state index in [0.717, 1.165) is 29.0 Å². The molecule has 2 aromatic heterocycles. The number of aromatic nitrogens is 4. The molecule has 0 aliphatic carbocycles. The fraction of sp³-hybridized carbons (Fsp3) is 0.414. The minimum Gasteiger partial charge on any atom is -0.375 e. The molecule has 4 N–H and O–H groups in total. The van der Waals surface area contributed by atoms with Crippen LogP contribution in [0.4, 0.5) is 11.6 Å². The van der Waals surface area contributed by atoms with Crippen LogP contribution in [-0.4, -0.2) is 50.0 Å². The van der Waals surface area contributed by atoms with E-state index in [9.17, 15) is 9.90 Å². The summed E-state index contributed by atoms with van der Waals surface area (Å²) in [6.07, 6.45) is -1.15. The van der Waals surface area contributed by atoms with Gasteiger partial charge in [-0.2, -0.15) is 5.10 Å². The zero-order valence-corrected chi connectivity index (χ0v) is 23.0. The summed E-state index contributed by atoms with van der Waals surface area (Å²) in [5.74, 6) is 0.189. The molecule has 0 radical (unpaired) electrons. The highest BCUT2D eigenvalue weighted by Crippen LogP contribution is 2.39. The molecule has 0 saturated carbocycles. The molecule has 3 heterocycles. The third-order valence-electron chi connectivity index (χ3n) is 7.01. The third kappa shape index (κ3) is 5.68. The van der Waals surface area contributed by atoms with Crippen molar-refractivity contribution in [2.45, 2.75) is 53.6 Å². The largest absolute Gasteiger partial charge is 0.375 e. The van der Waals surface area contributed by atoms with Crippen LogP contribution in [0.3, 0.4) is 0 Å². The Morgan fingerprint density at radius 2 is 1.97 bits per heavy atom. The highest BCUT2D eigenvalue weighted by atomic mass is 16.5. The summed E-state index contributed by atoms with van der Waals surface area (Å²) in [5.41, 5.74) is 11.2. The van der Waals surface area contributed by atoms with Gasteiger partial charge in [0.25, 0.3) is 5.91 Å². The van der Waals surface area contributed by atoms with Crippen LogP contribution >= 0.6 is 0 Å². The van der Waals surface area contributed by atoms with Crippen molar-refractivity contribution in [2.24, 2.45) is 11.1 Å². The Bertz CT molecular complexity index is 1470. The lowest BCUT2D eigenvalue weighted by Crippen LogP contribution is -2.37. The van der Waals surface area contributed by atoms with E-state index < -0.39 is 6.23 Å². The maximum absolute atomic E-state index is 13.3. The molecule has 0 saturated heterocycles. The number of hydrogen-bond acceptors (Lipinski definition) is 7. The minimum absolute atomic E-state index is 0.158. The molecule has 39 heavy (non-hydrogen) atoms. The fourth-order valence-electron chi connectivity index (χ4n) is 5.28. The number of carbonyl (C=O) groups excluding carboxylic acids is 1. The number of nitrogens with two attached hydrogens (primary N) is 1. The normalized spacial score (nSPS) is 15.4. The van der Waals surface area contributed by atoms with Crippen LogP contribution in [0.15, 0.2) is 48.5 Å². The van der Waals surface area contributed by atoms with E-state index in [0.29, 0.717) is 55.6 Å². The maximum atomic E-state index is 13.3. The number of nitrogens with zero attached hydrogens (tertiary/aromatic N) is 5. The fourth-order valence-corrected chi connectivity index (χ4v) is 5.28. The summed E-state index contributed by atoms with van der Waals surface area (Å²) in [6, 6.07) is 15.6. The first-order valence-corrected chi connectivity index (χ1v) is 13.4. The monoisotopic (exact) mass is 531 g/mol. The number of aryl methyl sites for hydroxylation is 2. The number of aliphatic hydroxyl groups excluding tert-OH is 1. The number of nitrogens with one attached hydrogen (secondary N) is 1. The number of carbonyl (C=O) groups is 1. The van der Waals surface area contributed by atoms with E-state index in [1.54, 1.807) is 16.8 Å². The van der Waals surface area contributed by atoms with Crippen LogP contribution < -0.4 is 16.0 Å². The van der Waals surface area contributed by atoms with Gasteiger partial charge in [0.05, 0.1) is 35.6 Å². The van der Waals surface area contributed by atoms with Gasteiger partial charge in [0.1, 0.15) is 11.9 Å². The smallest absolute Gasteiger partial charge is 0.276 e. The lowest BCUT2D eigenvalue weighted by Gasteiger charge is -2.32. The molecule has 1 amide bonds. The van der Waals surface area contributed by atoms with Crippen LogP contribution in [0.1, 0.15) is 54.3 Å². The average molecular weight is 532 g/mol. The van der Waals surface area contributed by atoms with Crippen molar-refractivity contribution in [3.8, 4) is 0 Å². The first kappa shape index (κ1) is 26.9. The van der Waals surface area contributed by atoms with Crippen molar-refractivity contribution in [3.63, 3.8) is 0 Å². The Hall–Kier alpha value is -3.73. The zero-order chi connectivity index (χ0) is 27.7. The van der Waals surface area contributed by atoms with E-state index in [4.69, 9.17) is 15.5 Å². The molecule has 5 rings (SSSR count). The number of benzene rings is 2. The van der Waals surface area contributed by atoms with E-state index in [-0.39, 0.29) is 11.3 Å². The molecule has 206 valence electrons. The molecule has 1 atom stereocenters. The van der Waals surface area contributed by atoms with Crippen molar-refractivity contribution in [1.82, 2.24) is 19.3 Å². The van der Waals surface area contributed by atoms with Crippen LogP contribution in [0.2, 0.25) is 0 Å². The summed E-state index contributed by atoms with van der Waals surface area (Å²) in [4.78, 5) is 20.4. The molecule has 2 aromatic carbocycles. The molecular formula is C29H37N7O3. The second-order valence-electron chi connectivity index (χ2n) is 10.9. The number of imidazole rings is 1. The minimum atomic E-state index is -1.15. The Kier molecular flexibility index (Phi) is 7.44. The van der Waals surface area contributed by atoms with Crippen molar-refractivity contribution >= 4 is 28.6 Å². The number of rotatable bonds is 9. The van der Waals surface area contributed by atoms with E-state index in [1.807, 2.05) is 50.2 Å². The van der Waals surface area contributed by atoms with Crippen LogP contribution in [0.5, 0.6) is 0 Å². The van der Waals surface area contributed by atoms with Gasteiger partial charge in [-0.1, -0.05) is 44.2 Å². The molecule has 1 aliphatic rings. The molecule has 0 spiro atoms. The van der Waals surface area contributed by atoms with Gasteiger partial charge in [0.15, 0.2) is 0 Å². The first-order valence-electron chi connectivity index (χ1n) is 13.4. The van der Waals surface area contributed by atoms with E-state index in [1.165, 1.54) is 0 Å². The highest BCUT2D eigenvalue weighted by Gasteiger charge is 2.32. The number of aliphatic hydroxyl groups is 1. The summed E-state index contributed by atoms with van der Waals surface area (Å²) in [7, 11) is 0. The summed E-state index contributed by atoms with van der Waals surface area (Å²) >= 11 is 0. The Morgan fingerprint density at radius 3 is 2.69 bits per heavy atom. The molecule has 1 aliphatic heterocycles. The Morgan fingerprint density at radius 1 is 1.21 bits per heavy atom. The number of anilines is 2. The predicted molar refractivity (Wildman–Crippen MR) is 152 cm³/mol. The first-order chi connectivity index (χ1) is 18.6. The van der Waals surface area contributed by atoms with Crippen molar-refractivity contribution in [3.05, 3.63) is 71.0 Å². The summed E-state index contributed by atoms with van der Waals surface area (Å²) in [6.45, 7) is 11.9. The van der Waals surface area contributed by atoms with Crippen molar-refractivity contribution < 1.29 is 14.6 Å². The van der Waals surface area contributed by atoms with Gasteiger partial charge in [-0.25, -0.2) is 4.98 Å². The Balaban J connectivity index is 1.49. The standard InChI is InChI=1S/C29H37N7O3/c1-5-36-24(13-19(2)33-36)27(38)32-28-31-22-14-21(26(30)37)15-23-25(22)35(28)18-29(3,4)17-34(23)11-12-39-16-20-9-7-6-8-10-20/h6-10,13-15,26,37H,5,11-12,16-18,30H2,1-4H3,(H,31,32,38). The van der Waals surface area contributed by atoms with Crippen LogP contribution in [-0.2, 0) is 24.4 Å². The molecule has 0 bridgehead atoms. The molecule has 4 aromatic rings. The maximum Gasteiger partial charge on any atom is 0.276 e. The summed E-state index contributed by atoms with van der Waals surface area (Å²) < 4.78 is 9.77. The van der Waals surface area contributed by atoms with Gasteiger partial charge in [-0.3, -0.25) is 14.8 Å². The Labute approximate surface area is 228 Å². The third-order valence-corrected chi connectivity index (χ3v) is 7.01. The zero-order valence-electron chi connectivity index (χ0n) is 23.0. The van der Waals surface area contributed by atoms with E-state index in [2.05, 4.69) is 33.7 Å². The molecule has 1 unspecified atom stereocenters. The number of ether oxygens (including phenoxy) is 1.